The van der Waals surface area contributed by atoms with Crippen LogP contribution in [-0.4, -0.2) is 37.0 Å². The summed E-state index contributed by atoms with van der Waals surface area (Å²) in [7, 11) is 1.36. The zero-order chi connectivity index (χ0) is 19.5. The van der Waals surface area contributed by atoms with Gasteiger partial charge in [0.15, 0.2) is 0 Å². The SMILES string of the molecule is CCOc1ccccc1CCC(=O)N(CCC(=O)OC)Cc1ccccc1. The van der Waals surface area contributed by atoms with Gasteiger partial charge in [-0.3, -0.25) is 9.59 Å². The van der Waals surface area contributed by atoms with Crippen molar-refractivity contribution in [1.82, 2.24) is 4.90 Å². The normalized spacial score (nSPS) is 10.3. The van der Waals surface area contributed by atoms with Gasteiger partial charge >= 0.3 is 5.97 Å². The lowest BCUT2D eigenvalue weighted by molar-refractivity contribution is -0.141. The highest BCUT2D eigenvalue weighted by Crippen LogP contribution is 2.20. The summed E-state index contributed by atoms with van der Waals surface area (Å²) in [6.45, 7) is 3.35. The predicted molar refractivity (Wildman–Crippen MR) is 104 cm³/mol. The third-order valence-corrected chi connectivity index (χ3v) is 4.26. The fourth-order valence-corrected chi connectivity index (χ4v) is 2.83. The largest absolute Gasteiger partial charge is 0.494 e. The lowest BCUT2D eigenvalue weighted by Crippen LogP contribution is -2.33. The fourth-order valence-electron chi connectivity index (χ4n) is 2.83. The molecule has 0 heterocycles. The summed E-state index contributed by atoms with van der Waals surface area (Å²) in [6.07, 6.45) is 1.14. The summed E-state index contributed by atoms with van der Waals surface area (Å²) in [4.78, 5) is 26.1. The highest BCUT2D eigenvalue weighted by atomic mass is 16.5. The number of amides is 1. The molecule has 0 aliphatic carbocycles. The number of benzene rings is 2. The molecule has 0 fully saturated rings. The molecule has 0 N–H and O–H groups in total. The van der Waals surface area contributed by atoms with Gasteiger partial charge in [-0.15, -0.1) is 0 Å². The zero-order valence-corrected chi connectivity index (χ0v) is 16.0. The maximum atomic E-state index is 12.8. The first-order valence-electron chi connectivity index (χ1n) is 9.23. The van der Waals surface area contributed by atoms with Crippen LogP contribution in [0, 0.1) is 0 Å². The Morgan fingerprint density at radius 3 is 2.37 bits per heavy atom. The quantitative estimate of drug-likeness (QED) is 0.601. The van der Waals surface area contributed by atoms with Crippen LogP contribution in [0.3, 0.4) is 0 Å². The molecule has 0 saturated carbocycles. The van der Waals surface area contributed by atoms with Gasteiger partial charge in [0.05, 0.1) is 20.1 Å². The molecule has 0 atom stereocenters. The fraction of sp³-hybridized carbons (Fsp3) is 0.364. The van der Waals surface area contributed by atoms with Gasteiger partial charge in [0.2, 0.25) is 5.91 Å². The summed E-state index contributed by atoms with van der Waals surface area (Å²) < 4.78 is 10.3. The molecule has 2 rings (SSSR count). The number of esters is 1. The first-order chi connectivity index (χ1) is 13.1. The van der Waals surface area contributed by atoms with Crippen molar-refractivity contribution in [2.45, 2.75) is 32.7 Å². The number of carbonyl (C=O) groups excluding carboxylic acids is 2. The van der Waals surface area contributed by atoms with Crippen LogP contribution in [0.5, 0.6) is 5.75 Å². The summed E-state index contributed by atoms with van der Waals surface area (Å²) in [5, 5.41) is 0. The van der Waals surface area contributed by atoms with E-state index >= 15 is 0 Å². The van der Waals surface area contributed by atoms with E-state index in [1.54, 1.807) is 4.90 Å². The number of carbonyl (C=O) groups is 2. The first-order valence-corrected chi connectivity index (χ1v) is 9.23. The molecule has 2 aromatic rings. The Kier molecular flexibility index (Phi) is 8.36. The van der Waals surface area contributed by atoms with Gasteiger partial charge < -0.3 is 14.4 Å². The van der Waals surface area contributed by atoms with Crippen LogP contribution in [0.1, 0.15) is 30.9 Å². The van der Waals surface area contributed by atoms with E-state index in [0.717, 1.165) is 16.9 Å². The van der Waals surface area contributed by atoms with Crippen LogP contribution < -0.4 is 4.74 Å². The maximum absolute atomic E-state index is 12.8. The van der Waals surface area contributed by atoms with E-state index in [9.17, 15) is 9.59 Å². The molecule has 27 heavy (non-hydrogen) atoms. The van der Waals surface area contributed by atoms with Crippen LogP contribution in [0.15, 0.2) is 54.6 Å². The number of hydrogen-bond donors (Lipinski definition) is 0. The average molecular weight is 369 g/mol. The van der Waals surface area contributed by atoms with Crippen molar-refractivity contribution in [3.05, 3.63) is 65.7 Å². The number of ether oxygens (including phenoxy) is 2. The minimum atomic E-state index is -0.317. The van der Waals surface area contributed by atoms with E-state index in [4.69, 9.17) is 9.47 Å². The highest BCUT2D eigenvalue weighted by molar-refractivity contribution is 5.77. The summed E-state index contributed by atoms with van der Waals surface area (Å²) in [6, 6.07) is 17.5. The molecule has 1 amide bonds. The molecule has 0 radical (unpaired) electrons. The van der Waals surface area contributed by atoms with Crippen molar-refractivity contribution in [2.24, 2.45) is 0 Å². The van der Waals surface area contributed by atoms with Crippen molar-refractivity contribution in [2.75, 3.05) is 20.3 Å². The molecule has 144 valence electrons. The third kappa shape index (κ3) is 6.77. The number of hydrogen-bond acceptors (Lipinski definition) is 4. The Bertz CT molecular complexity index is 730. The second kappa shape index (κ2) is 11.0. The summed E-state index contributed by atoms with van der Waals surface area (Å²) in [5.41, 5.74) is 2.05. The number of rotatable bonds is 10. The van der Waals surface area contributed by atoms with Crippen LogP contribution in [0.2, 0.25) is 0 Å². The van der Waals surface area contributed by atoms with E-state index in [0.29, 0.717) is 32.5 Å². The van der Waals surface area contributed by atoms with Crippen molar-refractivity contribution < 1.29 is 19.1 Å². The van der Waals surface area contributed by atoms with Crippen LogP contribution in [-0.2, 0) is 27.3 Å². The highest BCUT2D eigenvalue weighted by Gasteiger charge is 2.16. The Labute approximate surface area is 160 Å². The average Bonchev–Trinajstić information content (AvgIpc) is 2.71. The number of methoxy groups -OCH3 is 1. The van der Waals surface area contributed by atoms with Crippen molar-refractivity contribution >= 4 is 11.9 Å². The second-order valence-electron chi connectivity index (χ2n) is 6.17. The van der Waals surface area contributed by atoms with Crippen LogP contribution in [0.25, 0.3) is 0 Å². The molecular weight excluding hydrogens is 342 g/mol. The molecule has 5 nitrogen and oxygen atoms in total. The molecule has 0 unspecified atom stereocenters. The van der Waals surface area contributed by atoms with Crippen molar-refractivity contribution in [1.29, 1.82) is 0 Å². The smallest absolute Gasteiger partial charge is 0.307 e. The number of nitrogens with zero attached hydrogens (tertiary/aromatic N) is 1. The topological polar surface area (TPSA) is 55.8 Å². The predicted octanol–water partition coefficient (Wildman–Crippen LogP) is 3.61. The van der Waals surface area contributed by atoms with Gasteiger partial charge in [-0.1, -0.05) is 48.5 Å². The van der Waals surface area contributed by atoms with Crippen LogP contribution in [0.4, 0.5) is 0 Å². The minimum Gasteiger partial charge on any atom is -0.494 e. The van der Waals surface area contributed by atoms with Gasteiger partial charge in [0, 0.05) is 19.5 Å². The van der Waals surface area contributed by atoms with Crippen LogP contribution >= 0.6 is 0 Å². The zero-order valence-electron chi connectivity index (χ0n) is 16.0. The molecule has 0 aromatic heterocycles. The number of aryl methyl sites for hydroxylation is 1. The molecular formula is C22H27NO4. The second-order valence-corrected chi connectivity index (χ2v) is 6.17. The summed E-state index contributed by atoms with van der Waals surface area (Å²) >= 11 is 0. The van der Waals surface area contributed by atoms with Gasteiger partial charge in [-0.25, -0.2) is 0 Å². The molecule has 0 spiro atoms. The maximum Gasteiger partial charge on any atom is 0.307 e. The minimum absolute atomic E-state index is 0.00839. The van der Waals surface area contributed by atoms with Gasteiger partial charge in [-0.2, -0.15) is 0 Å². The molecule has 0 aliphatic rings. The number of para-hydroxylation sites is 1. The monoisotopic (exact) mass is 369 g/mol. The van der Waals surface area contributed by atoms with Gasteiger partial charge in [0.1, 0.15) is 5.75 Å². The first kappa shape index (κ1) is 20.5. The summed E-state index contributed by atoms with van der Waals surface area (Å²) in [5.74, 6) is 0.508. The molecule has 5 heteroatoms. The molecule has 2 aromatic carbocycles. The van der Waals surface area contributed by atoms with Crippen molar-refractivity contribution in [3.63, 3.8) is 0 Å². The Morgan fingerprint density at radius 1 is 0.963 bits per heavy atom. The third-order valence-electron chi connectivity index (χ3n) is 4.26. The van der Waals surface area contributed by atoms with E-state index in [-0.39, 0.29) is 18.3 Å². The van der Waals surface area contributed by atoms with E-state index < -0.39 is 0 Å². The van der Waals surface area contributed by atoms with E-state index in [1.807, 2.05) is 61.5 Å². The van der Waals surface area contributed by atoms with E-state index in [1.165, 1.54) is 7.11 Å². The molecule has 0 saturated heterocycles. The Morgan fingerprint density at radius 2 is 1.67 bits per heavy atom. The lowest BCUT2D eigenvalue weighted by atomic mass is 10.1. The van der Waals surface area contributed by atoms with E-state index in [2.05, 4.69) is 0 Å². The molecule has 0 bridgehead atoms. The van der Waals surface area contributed by atoms with Crippen molar-refractivity contribution in [3.8, 4) is 5.75 Å². The Hall–Kier alpha value is -2.82. The van der Waals surface area contributed by atoms with Gasteiger partial charge in [0.25, 0.3) is 0 Å². The Balaban J connectivity index is 2.02. The lowest BCUT2D eigenvalue weighted by Gasteiger charge is -2.23. The van der Waals surface area contributed by atoms with Gasteiger partial charge in [-0.05, 0) is 30.5 Å². The molecule has 0 aliphatic heterocycles. The standard InChI is InChI=1S/C22H27NO4/c1-3-27-20-12-8-7-11-19(20)13-14-21(24)23(16-15-22(25)26-2)17-18-9-5-4-6-10-18/h4-12H,3,13-17H2,1-2H3.